The number of carbonyl (C=O) groups excluding carboxylic acids is 1. The van der Waals surface area contributed by atoms with Crippen molar-refractivity contribution < 1.29 is 14.4 Å². The van der Waals surface area contributed by atoms with Crippen LogP contribution in [0.2, 0.25) is 0 Å². The smallest absolute Gasteiger partial charge is 0.262 e. The zero-order chi connectivity index (χ0) is 24.9. The predicted octanol–water partition coefficient (Wildman–Crippen LogP) is 1.66. The van der Waals surface area contributed by atoms with Crippen LogP contribution in [0.4, 0.5) is 11.8 Å². The maximum atomic E-state index is 12.4. The molecule has 0 radical (unpaired) electrons. The summed E-state index contributed by atoms with van der Waals surface area (Å²) in [5.41, 5.74) is 1.14. The van der Waals surface area contributed by atoms with Gasteiger partial charge in [-0.15, -0.1) is 5.10 Å². The average molecular weight is 484 g/mol. The second-order valence-electron chi connectivity index (χ2n) is 8.47. The summed E-state index contributed by atoms with van der Waals surface area (Å²) < 4.78 is 7.05. The highest BCUT2D eigenvalue weighted by Gasteiger charge is 2.48. The molecule has 13 nitrogen and oxygen atoms in total. The summed E-state index contributed by atoms with van der Waals surface area (Å²) in [6, 6.07) is 8.66. The molecule has 13 heteroatoms. The van der Waals surface area contributed by atoms with E-state index in [-0.39, 0.29) is 12.2 Å². The zero-order valence-electron chi connectivity index (χ0n) is 19.3. The fourth-order valence-electron chi connectivity index (χ4n) is 4.13. The molecule has 1 atom stereocenters. The minimum absolute atomic E-state index is 0.0956. The molecule has 6 rings (SSSR count). The number of likely N-dealkylation sites (tertiary alicyclic amines) is 1. The number of hydrogen-bond acceptors (Lipinski definition) is 11. The van der Waals surface area contributed by atoms with Crippen molar-refractivity contribution in [2.45, 2.75) is 12.0 Å². The van der Waals surface area contributed by atoms with E-state index >= 15 is 0 Å². The average Bonchev–Trinajstić information content (AvgIpc) is 3.61. The number of likely N-dealkylation sites (N-methyl/N-ethyl adjacent to an activating group) is 1. The van der Waals surface area contributed by atoms with Gasteiger partial charge in [-0.05, 0) is 18.2 Å². The number of anilines is 2. The SMILES string of the molecule is CN1CCC(O)(c2cc(-c3cccc(-c4ccnc(Nc5nncc6c5cnn6C)n4)n3)no2)C1=O. The van der Waals surface area contributed by atoms with Gasteiger partial charge in [0.2, 0.25) is 11.5 Å². The first kappa shape index (κ1) is 21.7. The van der Waals surface area contributed by atoms with Gasteiger partial charge in [-0.2, -0.15) is 10.2 Å². The van der Waals surface area contributed by atoms with Gasteiger partial charge in [-0.3, -0.25) is 9.48 Å². The van der Waals surface area contributed by atoms with Crippen molar-refractivity contribution in [1.82, 2.24) is 45.0 Å². The van der Waals surface area contributed by atoms with Gasteiger partial charge in [0, 0.05) is 39.3 Å². The first-order valence-corrected chi connectivity index (χ1v) is 11.1. The third-order valence-electron chi connectivity index (χ3n) is 6.16. The normalized spacial score (nSPS) is 17.8. The van der Waals surface area contributed by atoms with Crippen LogP contribution in [-0.4, -0.2) is 69.6 Å². The second-order valence-corrected chi connectivity index (χ2v) is 8.47. The van der Waals surface area contributed by atoms with Crippen LogP contribution < -0.4 is 5.32 Å². The topological polar surface area (TPSA) is 161 Å². The van der Waals surface area contributed by atoms with Crippen LogP contribution in [0.5, 0.6) is 0 Å². The first-order chi connectivity index (χ1) is 17.4. The number of nitrogens with zero attached hydrogens (tertiary/aromatic N) is 9. The molecule has 1 aliphatic rings. The summed E-state index contributed by atoms with van der Waals surface area (Å²) in [6.07, 6.45) is 5.18. The lowest BCUT2D eigenvalue weighted by Gasteiger charge is -2.16. The number of aliphatic hydroxyl groups is 1. The highest BCUT2D eigenvalue weighted by Crippen LogP contribution is 2.34. The lowest BCUT2D eigenvalue weighted by atomic mass is 9.98. The molecule has 0 aliphatic carbocycles. The lowest BCUT2D eigenvalue weighted by molar-refractivity contribution is -0.144. The lowest BCUT2D eigenvalue weighted by Crippen LogP contribution is -2.35. The molecular weight excluding hydrogens is 464 g/mol. The molecule has 0 aromatic carbocycles. The number of fused-ring (bicyclic) bond motifs is 1. The molecule has 6 heterocycles. The van der Waals surface area contributed by atoms with Gasteiger partial charge >= 0.3 is 0 Å². The third kappa shape index (κ3) is 3.53. The number of carbonyl (C=O) groups is 1. The van der Waals surface area contributed by atoms with Gasteiger partial charge in [0.25, 0.3) is 5.91 Å². The van der Waals surface area contributed by atoms with Crippen LogP contribution in [0.25, 0.3) is 33.7 Å². The quantitative estimate of drug-likeness (QED) is 0.373. The highest BCUT2D eigenvalue weighted by atomic mass is 16.5. The molecule has 0 saturated carbocycles. The van der Waals surface area contributed by atoms with E-state index in [1.165, 1.54) is 4.90 Å². The van der Waals surface area contributed by atoms with E-state index in [0.29, 0.717) is 41.1 Å². The van der Waals surface area contributed by atoms with E-state index in [2.05, 4.69) is 40.7 Å². The monoisotopic (exact) mass is 484 g/mol. The molecule has 36 heavy (non-hydrogen) atoms. The predicted molar refractivity (Wildman–Crippen MR) is 126 cm³/mol. The molecule has 1 saturated heterocycles. The summed E-state index contributed by atoms with van der Waals surface area (Å²) in [5.74, 6) is 0.484. The Balaban J connectivity index is 1.29. The second kappa shape index (κ2) is 8.16. The van der Waals surface area contributed by atoms with Crippen LogP contribution in [0.1, 0.15) is 12.2 Å². The number of rotatable bonds is 5. The summed E-state index contributed by atoms with van der Waals surface area (Å²) in [4.78, 5) is 27.4. The molecule has 180 valence electrons. The van der Waals surface area contributed by atoms with Crippen molar-refractivity contribution in [2.75, 3.05) is 18.9 Å². The zero-order valence-corrected chi connectivity index (χ0v) is 19.3. The fraction of sp³-hybridized carbons (Fsp3) is 0.217. The number of nitrogens with one attached hydrogen (secondary N) is 1. The van der Waals surface area contributed by atoms with E-state index in [0.717, 1.165) is 10.9 Å². The molecule has 5 aromatic rings. The molecule has 1 unspecified atom stereocenters. The molecule has 1 aliphatic heterocycles. The highest BCUT2D eigenvalue weighted by molar-refractivity contribution is 5.89. The summed E-state index contributed by atoms with van der Waals surface area (Å²) >= 11 is 0. The van der Waals surface area contributed by atoms with Crippen molar-refractivity contribution in [3.8, 4) is 22.8 Å². The summed E-state index contributed by atoms with van der Waals surface area (Å²) in [6.45, 7) is 0.435. The Morgan fingerprint density at radius 1 is 1.08 bits per heavy atom. The Labute approximate surface area is 203 Å². The van der Waals surface area contributed by atoms with E-state index in [1.807, 2.05) is 13.1 Å². The molecule has 5 aromatic heterocycles. The van der Waals surface area contributed by atoms with Crippen molar-refractivity contribution >= 4 is 28.6 Å². The summed E-state index contributed by atoms with van der Waals surface area (Å²) in [7, 11) is 3.46. The van der Waals surface area contributed by atoms with Gasteiger partial charge in [0.05, 0.1) is 40.4 Å². The van der Waals surface area contributed by atoms with Crippen LogP contribution >= 0.6 is 0 Å². The molecule has 1 amide bonds. The van der Waals surface area contributed by atoms with Crippen molar-refractivity contribution in [1.29, 1.82) is 0 Å². The maximum Gasteiger partial charge on any atom is 0.262 e. The minimum atomic E-state index is -1.72. The van der Waals surface area contributed by atoms with Crippen LogP contribution in [-0.2, 0) is 17.4 Å². The minimum Gasteiger partial charge on any atom is -0.373 e. The Kier molecular flexibility index (Phi) is 4.93. The van der Waals surface area contributed by atoms with Gasteiger partial charge in [-0.25, -0.2) is 15.0 Å². The Bertz CT molecular complexity index is 1610. The van der Waals surface area contributed by atoms with E-state index in [1.54, 1.807) is 54.6 Å². The fourth-order valence-corrected chi connectivity index (χ4v) is 4.13. The molecule has 0 bridgehead atoms. The van der Waals surface area contributed by atoms with Crippen LogP contribution in [0, 0.1) is 0 Å². The standard InChI is InChI=1S/C23H20N10O3/c1-32-9-7-23(35,21(32)34)19-10-17(31-36-19)15-5-3-4-14(27-15)16-6-8-24-22(28-16)29-20-13-11-26-33(2)18(13)12-25-30-20/h3-6,8,10-12,35H,7,9H2,1-2H3,(H,24,28,29,30). The number of aryl methyl sites for hydroxylation is 1. The van der Waals surface area contributed by atoms with Crippen molar-refractivity contribution in [3.63, 3.8) is 0 Å². The third-order valence-corrected chi connectivity index (χ3v) is 6.16. The van der Waals surface area contributed by atoms with E-state index in [9.17, 15) is 9.90 Å². The maximum absolute atomic E-state index is 12.4. The Morgan fingerprint density at radius 2 is 1.89 bits per heavy atom. The number of hydrogen-bond donors (Lipinski definition) is 2. The number of amides is 1. The van der Waals surface area contributed by atoms with Gasteiger partial charge in [0.1, 0.15) is 5.69 Å². The Hall–Kier alpha value is -4.78. The molecular formula is C23H20N10O3. The van der Waals surface area contributed by atoms with Crippen molar-refractivity contribution in [3.05, 3.63) is 54.7 Å². The number of aromatic nitrogens is 8. The van der Waals surface area contributed by atoms with E-state index < -0.39 is 11.5 Å². The molecule has 0 spiro atoms. The Morgan fingerprint density at radius 3 is 2.69 bits per heavy atom. The van der Waals surface area contributed by atoms with E-state index in [4.69, 9.17) is 4.52 Å². The molecule has 2 N–H and O–H groups in total. The number of pyridine rings is 1. The van der Waals surface area contributed by atoms with Crippen molar-refractivity contribution in [2.24, 2.45) is 7.05 Å². The van der Waals surface area contributed by atoms with Crippen LogP contribution in [0.15, 0.2) is 53.4 Å². The molecule has 1 fully saturated rings. The largest absolute Gasteiger partial charge is 0.373 e. The van der Waals surface area contributed by atoms with Gasteiger partial charge in [0.15, 0.2) is 11.6 Å². The van der Waals surface area contributed by atoms with Gasteiger partial charge < -0.3 is 19.8 Å². The first-order valence-electron chi connectivity index (χ1n) is 11.1. The van der Waals surface area contributed by atoms with Gasteiger partial charge in [-0.1, -0.05) is 11.2 Å². The van der Waals surface area contributed by atoms with Crippen LogP contribution in [0.3, 0.4) is 0 Å². The summed E-state index contributed by atoms with van der Waals surface area (Å²) in [5, 5.41) is 31.1.